The van der Waals surface area contributed by atoms with Crippen molar-refractivity contribution in [2.75, 3.05) is 151 Å². The van der Waals surface area contributed by atoms with Crippen LogP contribution in [-0.2, 0) is 90.1 Å². The molecule has 0 bridgehead atoms. The quantitative estimate of drug-likeness (QED) is 0.0199. The van der Waals surface area contributed by atoms with E-state index in [1.54, 1.807) is 4.90 Å². The first-order chi connectivity index (χ1) is 46.9. The number of carbonyl (C=O) groups is 8. The van der Waals surface area contributed by atoms with Gasteiger partial charge < -0.3 is 140 Å². The predicted molar refractivity (Wildman–Crippen MR) is 342 cm³/mol. The van der Waals surface area contributed by atoms with Crippen LogP contribution < -0.4 is 31.9 Å². The van der Waals surface area contributed by atoms with Crippen LogP contribution in [0.2, 0.25) is 0 Å². The van der Waals surface area contributed by atoms with E-state index in [0.717, 1.165) is 0 Å². The van der Waals surface area contributed by atoms with Gasteiger partial charge in [-0.2, -0.15) is 0 Å². The van der Waals surface area contributed by atoms with Crippen molar-refractivity contribution in [1.82, 2.24) is 46.6 Å². The third-order valence-corrected chi connectivity index (χ3v) is 17.9. The molecule has 38 nitrogen and oxygen atoms in total. The molecule has 4 aliphatic rings. The Labute approximate surface area is 575 Å². The Balaban J connectivity index is 1.37. The zero-order chi connectivity index (χ0) is 73.4. The highest BCUT2D eigenvalue weighted by molar-refractivity contribution is 7.52. The van der Waals surface area contributed by atoms with Crippen LogP contribution in [0.5, 0.6) is 0 Å². The minimum absolute atomic E-state index is 0.0126. The molecule has 0 aromatic carbocycles. The second-order valence-electron chi connectivity index (χ2n) is 25.6. The summed E-state index contributed by atoms with van der Waals surface area (Å²) in [5.41, 5.74) is -0.449. The molecule has 0 saturated carbocycles. The summed E-state index contributed by atoms with van der Waals surface area (Å²) in [5.74, 6) is -4.04. The molecule has 8 amide bonds. The number of hydrogen-bond donors (Lipinski definition) is 16. The first-order valence-corrected chi connectivity index (χ1v) is 35.0. The SMILES string of the molecule is CC(=O)NC1C(OCCOCCNC(=O)CN(CCCN(CC(=O)NCCOCCOC2OC(CO)C(O)C(O)C2NC(C)=O)C(=O)CCCC(=O)N2CCC(OP(=O)(O)CC(C)(C)C)CC2)CC(=O)NCCOCCOC2OC(CO)C(O)C(O)C2NC(C)=O)OC(CO)C(O)C1O. The Hall–Kier alpha value is -4.85. The van der Waals surface area contributed by atoms with E-state index in [1.165, 1.54) is 30.6 Å². The first kappa shape index (κ1) is 86.6. The Morgan fingerprint density at radius 1 is 0.515 bits per heavy atom. The van der Waals surface area contributed by atoms with Crippen molar-refractivity contribution in [3.63, 3.8) is 0 Å². The van der Waals surface area contributed by atoms with Gasteiger partial charge in [0.1, 0.15) is 73.1 Å². The molecule has 0 spiro atoms. The van der Waals surface area contributed by atoms with Gasteiger partial charge in [-0.05, 0) is 31.1 Å². The maximum atomic E-state index is 14.0. The molecule has 16 atom stereocenters. The normalized spacial score (nSPS) is 27.4. The van der Waals surface area contributed by atoms with E-state index in [0.29, 0.717) is 12.8 Å². The average molecular weight is 1450 g/mol. The van der Waals surface area contributed by atoms with Crippen LogP contribution in [0.3, 0.4) is 0 Å². The van der Waals surface area contributed by atoms with Gasteiger partial charge in [-0.25, -0.2) is 0 Å². The summed E-state index contributed by atoms with van der Waals surface area (Å²) in [6.07, 6.45) is -16.4. The lowest BCUT2D eigenvalue weighted by Crippen LogP contribution is -2.64. The van der Waals surface area contributed by atoms with E-state index in [4.69, 9.17) is 47.2 Å². The highest BCUT2D eigenvalue weighted by atomic mass is 31.2. The minimum atomic E-state index is -3.89. The minimum Gasteiger partial charge on any atom is -0.394 e. The van der Waals surface area contributed by atoms with E-state index in [2.05, 4.69) is 31.9 Å². The Bertz CT molecular complexity index is 2450. The summed E-state index contributed by atoms with van der Waals surface area (Å²) in [5, 5.41) is 107. The fraction of sp³-hybridized carbons (Fsp3) is 0.867. The first-order valence-electron chi connectivity index (χ1n) is 33.2. The van der Waals surface area contributed by atoms with Crippen molar-refractivity contribution in [2.45, 2.75) is 178 Å². The summed E-state index contributed by atoms with van der Waals surface area (Å²) in [4.78, 5) is 118. The third-order valence-electron chi connectivity index (χ3n) is 15.9. The van der Waals surface area contributed by atoms with Crippen LogP contribution in [0.4, 0.5) is 0 Å². The molecule has 16 unspecified atom stereocenters. The summed E-state index contributed by atoms with van der Waals surface area (Å²) in [6, 6.07) is -3.52. The van der Waals surface area contributed by atoms with Crippen molar-refractivity contribution < 1.29 is 141 Å². The monoisotopic (exact) mass is 1450 g/mol. The molecule has 4 saturated heterocycles. The highest BCUT2D eigenvalue weighted by Crippen LogP contribution is 2.49. The number of carbonyl (C=O) groups excluding carboxylic acids is 8. The van der Waals surface area contributed by atoms with Crippen molar-refractivity contribution in [3.05, 3.63) is 0 Å². The summed E-state index contributed by atoms with van der Waals surface area (Å²) < 4.78 is 68.8. The van der Waals surface area contributed by atoms with Gasteiger partial charge >= 0.3 is 7.60 Å². The molecule has 0 radical (unpaired) electrons. The second-order valence-corrected chi connectivity index (χ2v) is 27.4. The van der Waals surface area contributed by atoms with E-state index < -0.39 is 179 Å². The molecule has 16 N–H and O–H groups in total. The van der Waals surface area contributed by atoms with Crippen LogP contribution in [0.1, 0.15) is 80.1 Å². The number of piperidine rings is 1. The average Bonchev–Trinajstić information content (AvgIpc) is 0.830. The summed E-state index contributed by atoms with van der Waals surface area (Å²) >= 11 is 0. The molecule has 4 fully saturated rings. The topological polar surface area (TPSA) is 530 Å². The van der Waals surface area contributed by atoms with Gasteiger partial charge in [0.25, 0.3) is 0 Å². The number of aliphatic hydroxyl groups excluding tert-OH is 9. The Morgan fingerprint density at radius 3 is 1.24 bits per heavy atom. The van der Waals surface area contributed by atoms with Gasteiger partial charge in [-0.3, -0.25) is 47.8 Å². The zero-order valence-electron chi connectivity index (χ0n) is 57.3. The Morgan fingerprint density at radius 2 is 0.889 bits per heavy atom. The molecule has 0 aromatic heterocycles. The lowest BCUT2D eigenvalue weighted by molar-refractivity contribution is -0.272. The number of rotatable bonds is 44. The summed E-state index contributed by atoms with van der Waals surface area (Å²) in [7, 11) is -3.89. The number of nitrogens with one attached hydrogen (secondary N) is 6. The van der Waals surface area contributed by atoms with Crippen molar-refractivity contribution in [3.8, 4) is 0 Å². The van der Waals surface area contributed by atoms with E-state index in [-0.39, 0.29) is 156 Å². The molecule has 4 rings (SSSR count). The lowest BCUT2D eigenvalue weighted by Gasteiger charge is -2.42. The van der Waals surface area contributed by atoms with Gasteiger partial charge in [0.15, 0.2) is 18.9 Å². The molecule has 572 valence electrons. The second kappa shape index (κ2) is 44.6. The van der Waals surface area contributed by atoms with Crippen LogP contribution in [0, 0.1) is 5.41 Å². The molecule has 4 aliphatic heterocycles. The largest absolute Gasteiger partial charge is 0.394 e. The molecule has 4 heterocycles. The van der Waals surface area contributed by atoms with Crippen LogP contribution in [-0.4, -0.2) is 362 Å². The number of aliphatic hydroxyl groups is 9. The van der Waals surface area contributed by atoms with E-state index >= 15 is 0 Å². The lowest BCUT2D eigenvalue weighted by atomic mass is 9.97. The van der Waals surface area contributed by atoms with E-state index in [1.807, 2.05) is 20.8 Å². The molecular formula is C60H108N9O29P. The molecular weight excluding hydrogens is 1340 g/mol. The standard InChI is InChI=1S/C60H108N9O29P/c1-36(73)64-48-54(84)51(81)40(32-70)95-57(48)92-26-23-89-20-13-61-43(76)29-67(30-44(77)62-14-21-90-24-27-93-58-49(65-37(2)74)55(85)52(82)41(33-71)96-58)16-8-17-69(47(80)10-7-9-46(79)68-18-11-39(12-19-68)98-99(87,88)35-60(4,5)6)31-45(78)63-15-22-91-25-28-94-59-50(66-38(3)75)56(86)53(83)42(34-72)97-59/h39-42,48-59,70-72,81-86H,7-35H2,1-6H3,(H,61,76)(H,62,77)(H,63,78)(H,64,73)(H,65,74)(H,66,75)(H,87,88). The van der Waals surface area contributed by atoms with Gasteiger partial charge in [0.05, 0.1) is 111 Å². The number of likely N-dealkylation sites (tertiary alicyclic amines) is 1. The highest BCUT2D eigenvalue weighted by Gasteiger charge is 2.48. The predicted octanol–water partition coefficient (Wildman–Crippen LogP) is -7.80. The van der Waals surface area contributed by atoms with Crippen molar-refractivity contribution >= 4 is 54.9 Å². The maximum absolute atomic E-state index is 14.0. The van der Waals surface area contributed by atoms with Gasteiger partial charge in [-0.1, -0.05) is 20.8 Å². The van der Waals surface area contributed by atoms with Crippen LogP contribution in [0.15, 0.2) is 0 Å². The van der Waals surface area contributed by atoms with Crippen molar-refractivity contribution in [1.29, 1.82) is 0 Å². The third kappa shape index (κ3) is 31.7. The number of ether oxygens (including phenoxy) is 9. The van der Waals surface area contributed by atoms with Crippen LogP contribution >= 0.6 is 7.60 Å². The smallest absolute Gasteiger partial charge is 0.328 e. The number of nitrogens with zero attached hydrogens (tertiary/aromatic N) is 3. The number of amides is 8. The zero-order valence-corrected chi connectivity index (χ0v) is 58.2. The molecule has 0 aliphatic carbocycles. The fourth-order valence-corrected chi connectivity index (χ4v) is 13.1. The molecule has 99 heavy (non-hydrogen) atoms. The maximum Gasteiger partial charge on any atom is 0.328 e. The van der Waals surface area contributed by atoms with Gasteiger partial charge in [0.2, 0.25) is 47.3 Å². The van der Waals surface area contributed by atoms with Gasteiger partial charge in [-0.15, -0.1) is 0 Å². The number of hydrogen-bond acceptors (Lipinski definition) is 29. The Kier molecular flexibility index (Phi) is 39.0. The molecule has 0 aromatic rings. The van der Waals surface area contributed by atoms with Crippen LogP contribution in [0.25, 0.3) is 0 Å². The van der Waals surface area contributed by atoms with Crippen molar-refractivity contribution in [2.24, 2.45) is 5.41 Å². The van der Waals surface area contributed by atoms with Gasteiger partial charge in [0, 0.05) is 79.4 Å². The molecule has 39 heteroatoms. The van der Waals surface area contributed by atoms with E-state index in [9.17, 15) is 93.8 Å². The summed E-state index contributed by atoms with van der Waals surface area (Å²) in [6.45, 7) is 5.66. The fourth-order valence-electron chi connectivity index (χ4n) is 11.1.